The zero-order chi connectivity index (χ0) is 13.4. The molecule has 0 saturated carbocycles. The third kappa shape index (κ3) is 6.52. The molecular formula is C13H11AgNO4. The Labute approximate surface area is 125 Å². The van der Waals surface area contributed by atoms with Crippen molar-refractivity contribution >= 4 is 11.9 Å². The van der Waals surface area contributed by atoms with Crippen LogP contribution in [0.4, 0.5) is 0 Å². The first-order valence-corrected chi connectivity index (χ1v) is 5.04. The molecule has 0 saturated heterocycles. The van der Waals surface area contributed by atoms with Gasteiger partial charge in [-0.05, 0) is 24.3 Å². The molecule has 1 aromatic carbocycles. The van der Waals surface area contributed by atoms with Crippen LogP contribution in [-0.4, -0.2) is 27.1 Å². The molecule has 0 fully saturated rings. The third-order valence-corrected chi connectivity index (χ3v) is 1.90. The van der Waals surface area contributed by atoms with Gasteiger partial charge in [-0.1, -0.05) is 24.3 Å². The molecule has 0 amide bonds. The number of pyridine rings is 1. The van der Waals surface area contributed by atoms with Gasteiger partial charge in [-0.2, -0.15) is 0 Å². The standard InChI is InChI=1S/C7H6O2.C6H5NO2.Ag/c8-7(9)6-4-2-1-3-5-6;8-6(9)5-3-1-2-4-7-5;/h1-5H,(H,8,9);1-4H,(H,8,9);. The maximum absolute atomic E-state index is 10.2. The number of benzene rings is 1. The Kier molecular flexibility index (Phi) is 8.12. The summed E-state index contributed by atoms with van der Waals surface area (Å²) in [6.45, 7) is 0. The van der Waals surface area contributed by atoms with Crippen molar-refractivity contribution in [3.8, 4) is 0 Å². The smallest absolute Gasteiger partial charge is 0.354 e. The molecule has 5 nitrogen and oxygen atoms in total. The van der Waals surface area contributed by atoms with Gasteiger partial charge >= 0.3 is 11.9 Å². The maximum atomic E-state index is 10.2. The van der Waals surface area contributed by atoms with Crippen molar-refractivity contribution in [1.82, 2.24) is 4.98 Å². The minimum absolute atomic E-state index is 0. The van der Waals surface area contributed by atoms with Crippen molar-refractivity contribution < 1.29 is 42.2 Å². The van der Waals surface area contributed by atoms with Crippen LogP contribution in [0.2, 0.25) is 0 Å². The summed E-state index contributed by atoms with van der Waals surface area (Å²) in [5.74, 6) is -1.87. The Hall–Kier alpha value is -1.95. The quantitative estimate of drug-likeness (QED) is 0.808. The second-order valence-corrected chi connectivity index (χ2v) is 3.19. The SMILES string of the molecule is O=C(O)c1ccccc1.O=C(O)c1ccccn1.[Ag]. The van der Waals surface area contributed by atoms with Gasteiger partial charge in [0, 0.05) is 28.6 Å². The number of aromatic nitrogens is 1. The molecule has 0 aliphatic carbocycles. The molecule has 0 spiro atoms. The third-order valence-electron chi connectivity index (χ3n) is 1.90. The second kappa shape index (κ2) is 9.04. The van der Waals surface area contributed by atoms with Crippen molar-refractivity contribution in [2.45, 2.75) is 0 Å². The summed E-state index contributed by atoms with van der Waals surface area (Å²) in [7, 11) is 0. The average Bonchev–Trinajstić information content (AvgIpc) is 2.41. The molecule has 0 unspecified atom stereocenters. The minimum Gasteiger partial charge on any atom is -0.478 e. The van der Waals surface area contributed by atoms with Gasteiger partial charge < -0.3 is 10.2 Å². The van der Waals surface area contributed by atoms with E-state index in [9.17, 15) is 9.59 Å². The van der Waals surface area contributed by atoms with Gasteiger partial charge in [-0.3, -0.25) is 0 Å². The number of carboxylic acid groups (broad SMARTS) is 2. The molecule has 0 aliphatic heterocycles. The zero-order valence-electron chi connectivity index (χ0n) is 9.66. The van der Waals surface area contributed by atoms with E-state index in [0.29, 0.717) is 5.56 Å². The van der Waals surface area contributed by atoms with Gasteiger partial charge in [0.25, 0.3) is 0 Å². The number of aromatic carboxylic acids is 2. The van der Waals surface area contributed by atoms with E-state index in [1.54, 1.807) is 42.5 Å². The first-order valence-electron chi connectivity index (χ1n) is 5.04. The zero-order valence-corrected chi connectivity index (χ0v) is 11.1. The van der Waals surface area contributed by atoms with Crippen molar-refractivity contribution in [3.05, 3.63) is 66.0 Å². The normalized spacial score (nSPS) is 8.42. The molecule has 0 atom stereocenters. The summed E-state index contributed by atoms with van der Waals surface area (Å²) in [4.78, 5) is 23.9. The predicted molar refractivity (Wildman–Crippen MR) is 64.6 cm³/mol. The van der Waals surface area contributed by atoms with Crippen LogP contribution in [0.3, 0.4) is 0 Å². The Balaban J connectivity index is 0.000000324. The van der Waals surface area contributed by atoms with Crippen LogP contribution >= 0.6 is 0 Å². The van der Waals surface area contributed by atoms with Crippen LogP contribution in [0.25, 0.3) is 0 Å². The van der Waals surface area contributed by atoms with Crippen LogP contribution in [0, 0.1) is 0 Å². The summed E-state index contributed by atoms with van der Waals surface area (Å²) in [5, 5.41) is 16.7. The van der Waals surface area contributed by atoms with Crippen LogP contribution < -0.4 is 0 Å². The average molecular weight is 353 g/mol. The van der Waals surface area contributed by atoms with Crippen molar-refractivity contribution in [1.29, 1.82) is 0 Å². The number of rotatable bonds is 2. The largest absolute Gasteiger partial charge is 0.478 e. The summed E-state index contributed by atoms with van der Waals surface area (Å²) < 4.78 is 0. The molecule has 1 aromatic heterocycles. The summed E-state index contributed by atoms with van der Waals surface area (Å²) >= 11 is 0. The van der Waals surface area contributed by atoms with Crippen LogP contribution in [0.15, 0.2) is 54.7 Å². The van der Waals surface area contributed by atoms with E-state index in [1.807, 2.05) is 0 Å². The summed E-state index contributed by atoms with van der Waals surface area (Å²) in [5.41, 5.74) is 0.412. The molecule has 2 aromatic rings. The van der Waals surface area contributed by atoms with E-state index in [2.05, 4.69) is 4.98 Å². The Bertz CT molecular complexity index is 467. The van der Waals surface area contributed by atoms with Crippen LogP contribution in [-0.2, 0) is 22.4 Å². The molecule has 0 bridgehead atoms. The van der Waals surface area contributed by atoms with Gasteiger partial charge in [0.15, 0.2) is 0 Å². The number of nitrogens with zero attached hydrogens (tertiary/aromatic N) is 1. The molecule has 2 rings (SSSR count). The molecular weight excluding hydrogens is 342 g/mol. The van der Waals surface area contributed by atoms with Crippen LogP contribution in [0.1, 0.15) is 20.8 Å². The first-order chi connectivity index (χ1) is 8.61. The molecule has 0 aliphatic rings. The predicted octanol–water partition coefficient (Wildman–Crippen LogP) is 2.16. The first kappa shape index (κ1) is 17.1. The Morgan fingerprint density at radius 3 is 1.74 bits per heavy atom. The van der Waals surface area contributed by atoms with Gasteiger partial charge in [-0.25, -0.2) is 14.6 Å². The molecule has 19 heavy (non-hydrogen) atoms. The summed E-state index contributed by atoms with van der Waals surface area (Å²) in [6, 6.07) is 13.1. The molecule has 1 radical (unpaired) electrons. The van der Waals surface area contributed by atoms with Gasteiger partial charge in [0.1, 0.15) is 5.69 Å². The topological polar surface area (TPSA) is 87.5 Å². The van der Waals surface area contributed by atoms with E-state index in [4.69, 9.17) is 10.2 Å². The van der Waals surface area contributed by atoms with E-state index in [1.165, 1.54) is 12.3 Å². The fourth-order valence-electron chi connectivity index (χ4n) is 1.07. The number of hydrogen-bond acceptors (Lipinski definition) is 3. The van der Waals surface area contributed by atoms with E-state index in [-0.39, 0.29) is 28.1 Å². The van der Waals surface area contributed by atoms with Crippen molar-refractivity contribution in [3.63, 3.8) is 0 Å². The van der Waals surface area contributed by atoms with Gasteiger partial charge in [-0.15, -0.1) is 0 Å². The fraction of sp³-hybridized carbons (Fsp3) is 0. The summed E-state index contributed by atoms with van der Waals surface area (Å²) in [6.07, 6.45) is 1.45. The van der Waals surface area contributed by atoms with E-state index < -0.39 is 11.9 Å². The number of carbonyl (C=O) groups is 2. The fourth-order valence-corrected chi connectivity index (χ4v) is 1.07. The maximum Gasteiger partial charge on any atom is 0.354 e. The van der Waals surface area contributed by atoms with E-state index >= 15 is 0 Å². The number of carboxylic acids is 2. The molecule has 1 heterocycles. The Morgan fingerprint density at radius 1 is 0.842 bits per heavy atom. The van der Waals surface area contributed by atoms with E-state index in [0.717, 1.165) is 0 Å². The number of hydrogen-bond donors (Lipinski definition) is 2. The minimum atomic E-state index is -0.990. The van der Waals surface area contributed by atoms with Crippen LogP contribution in [0.5, 0.6) is 0 Å². The second-order valence-electron chi connectivity index (χ2n) is 3.19. The van der Waals surface area contributed by atoms with Gasteiger partial charge in [0.2, 0.25) is 0 Å². The molecule has 2 N–H and O–H groups in total. The van der Waals surface area contributed by atoms with Crippen molar-refractivity contribution in [2.75, 3.05) is 0 Å². The monoisotopic (exact) mass is 352 g/mol. The van der Waals surface area contributed by atoms with Crippen molar-refractivity contribution in [2.24, 2.45) is 0 Å². The Morgan fingerprint density at radius 2 is 1.42 bits per heavy atom. The molecule has 6 heteroatoms. The molecule has 103 valence electrons. The van der Waals surface area contributed by atoms with Gasteiger partial charge in [0.05, 0.1) is 5.56 Å².